The fourth-order valence-corrected chi connectivity index (χ4v) is 6.34. The summed E-state index contributed by atoms with van der Waals surface area (Å²) in [7, 11) is 1.55. The molecular formula is C36H33F3N4O4. The van der Waals surface area contributed by atoms with Crippen molar-refractivity contribution in [1.82, 2.24) is 15.5 Å². The third-order valence-corrected chi connectivity index (χ3v) is 8.80. The molecule has 4 aromatic rings. The number of hydrogen-bond acceptors (Lipinski definition) is 4. The molecule has 1 atom stereocenters. The zero-order chi connectivity index (χ0) is 33.3. The first kappa shape index (κ1) is 31.7. The van der Waals surface area contributed by atoms with Gasteiger partial charge in [-0.05, 0) is 93.7 Å². The second-order valence-corrected chi connectivity index (χ2v) is 11.7. The lowest BCUT2D eigenvalue weighted by atomic mass is 9.85. The molecule has 2 heterocycles. The molecule has 0 aliphatic carbocycles. The van der Waals surface area contributed by atoms with E-state index in [4.69, 9.17) is 10.5 Å². The van der Waals surface area contributed by atoms with Gasteiger partial charge in [-0.2, -0.15) is 13.2 Å². The monoisotopic (exact) mass is 642 g/mol. The number of nitrogens with one attached hydrogen (secondary N) is 2. The van der Waals surface area contributed by atoms with Gasteiger partial charge in [-0.3, -0.25) is 9.59 Å². The quantitative estimate of drug-likeness (QED) is 0.207. The summed E-state index contributed by atoms with van der Waals surface area (Å²) < 4.78 is 45.3. The predicted molar refractivity (Wildman–Crippen MR) is 170 cm³/mol. The fourth-order valence-electron chi connectivity index (χ4n) is 6.34. The van der Waals surface area contributed by atoms with E-state index in [1.165, 1.54) is 12.1 Å². The highest BCUT2D eigenvalue weighted by atomic mass is 19.4. The van der Waals surface area contributed by atoms with Crippen LogP contribution in [0.25, 0.3) is 22.3 Å². The molecule has 47 heavy (non-hydrogen) atoms. The molecule has 4 aromatic carbocycles. The number of urea groups is 1. The van der Waals surface area contributed by atoms with E-state index in [1.54, 1.807) is 30.2 Å². The Morgan fingerprint density at radius 1 is 0.957 bits per heavy atom. The summed E-state index contributed by atoms with van der Waals surface area (Å²) in [4.78, 5) is 39.4. The number of ether oxygens (including phenoxy) is 1. The van der Waals surface area contributed by atoms with Gasteiger partial charge < -0.3 is 26.0 Å². The number of fused-ring (bicyclic) bond motifs is 2. The van der Waals surface area contributed by atoms with Crippen LogP contribution in [0, 0.1) is 0 Å². The molecule has 2 aliphatic rings. The van der Waals surface area contributed by atoms with E-state index in [2.05, 4.69) is 10.6 Å². The van der Waals surface area contributed by atoms with Crippen molar-refractivity contribution in [3.8, 4) is 28.0 Å². The first-order valence-corrected chi connectivity index (χ1v) is 15.2. The van der Waals surface area contributed by atoms with Gasteiger partial charge in [0.15, 0.2) is 0 Å². The Morgan fingerprint density at radius 2 is 1.66 bits per heavy atom. The largest absolute Gasteiger partial charge is 0.497 e. The van der Waals surface area contributed by atoms with Crippen molar-refractivity contribution in [1.29, 1.82) is 0 Å². The number of benzene rings is 4. The minimum atomic E-state index is -4.44. The molecular weight excluding hydrogens is 609 g/mol. The molecule has 0 saturated carbocycles. The van der Waals surface area contributed by atoms with Crippen molar-refractivity contribution in [3.05, 3.63) is 112 Å². The molecule has 0 saturated heterocycles. The molecule has 0 unspecified atom stereocenters. The van der Waals surface area contributed by atoms with Crippen LogP contribution in [0.2, 0.25) is 0 Å². The molecule has 2 aliphatic heterocycles. The summed E-state index contributed by atoms with van der Waals surface area (Å²) in [6.07, 6.45) is -3.62. The zero-order valence-electron chi connectivity index (χ0n) is 25.6. The van der Waals surface area contributed by atoms with E-state index in [0.717, 1.165) is 51.1 Å². The van der Waals surface area contributed by atoms with Crippen molar-refractivity contribution in [3.63, 3.8) is 0 Å². The van der Waals surface area contributed by atoms with Gasteiger partial charge in [-0.1, -0.05) is 42.5 Å². The van der Waals surface area contributed by atoms with Gasteiger partial charge in [0.05, 0.1) is 18.7 Å². The summed E-state index contributed by atoms with van der Waals surface area (Å²) in [6.45, 7) is 1.01. The van der Waals surface area contributed by atoms with E-state index in [9.17, 15) is 27.6 Å². The number of halogens is 3. The molecule has 11 heteroatoms. The maximum atomic E-state index is 13.8. The second kappa shape index (κ2) is 12.8. The van der Waals surface area contributed by atoms with Crippen LogP contribution in [0.15, 0.2) is 78.9 Å². The number of primary amides is 1. The Kier molecular flexibility index (Phi) is 8.63. The zero-order valence-corrected chi connectivity index (χ0v) is 25.6. The maximum Gasteiger partial charge on any atom is 0.416 e. The van der Waals surface area contributed by atoms with Crippen LogP contribution >= 0.6 is 0 Å². The highest BCUT2D eigenvalue weighted by molar-refractivity contribution is 5.99. The average Bonchev–Trinajstić information content (AvgIpc) is 3.44. The van der Waals surface area contributed by atoms with Gasteiger partial charge in [0.2, 0.25) is 5.91 Å². The Hall–Kier alpha value is -5.32. The van der Waals surface area contributed by atoms with Gasteiger partial charge in [-0.25, -0.2) is 4.79 Å². The molecule has 0 aromatic heterocycles. The molecule has 6 rings (SSSR count). The fraction of sp³-hybridized carbons (Fsp3) is 0.250. The first-order valence-electron chi connectivity index (χ1n) is 15.2. The summed E-state index contributed by atoms with van der Waals surface area (Å²) in [6, 6.07) is 21.0. The van der Waals surface area contributed by atoms with Crippen LogP contribution in [0.3, 0.4) is 0 Å². The SMILES string of the molecule is COc1cccc([C@H](CCC(N)=O)NC(=O)N2CCc3c(-c4ccc(C(F)(F)F)cc4)ccc(-c4ccc5c(c4)CNC5=O)c3C2)c1. The molecule has 0 bridgehead atoms. The number of carbonyl (C=O) groups excluding carboxylic acids is 3. The minimum absolute atomic E-state index is 0.0707. The number of amides is 4. The lowest BCUT2D eigenvalue weighted by molar-refractivity contribution is -0.137. The molecule has 4 amide bonds. The van der Waals surface area contributed by atoms with Gasteiger partial charge in [-0.15, -0.1) is 0 Å². The number of rotatable bonds is 8. The summed E-state index contributed by atoms with van der Waals surface area (Å²) in [5, 5.41) is 5.91. The summed E-state index contributed by atoms with van der Waals surface area (Å²) in [5.41, 5.74) is 12.0. The summed E-state index contributed by atoms with van der Waals surface area (Å²) >= 11 is 0. The molecule has 0 radical (unpaired) electrons. The van der Waals surface area contributed by atoms with E-state index in [0.29, 0.717) is 42.8 Å². The predicted octanol–water partition coefficient (Wildman–Crippen LogP) is 6.37. The number of alkyl halides is 3. The van der Waals surface area contributed by atoms with Crippen LogP contribution in [0.4, 0.5) is 18.0 Å². The van der Waals surface area contributed by atoms with E-state index in [1.807, 2.05) is 36.4 Å². The van der Waals surface area contributed by atoms with E-state index >= 15 is 0 Å². The molecule has 242 valence electrons. The van der Waals surface area contributed by atoms with Crippen LogP contribution in [0.1, 0.15) is 57.1 Å². The highest BCUT2D eigenvalue weighted by Gasteiger charge is 2.31. The van der Waals surface area contributed by atoms with Crippen LogP contribution in [0.5, 0.6) is 5.75 Å². The number of nitrogens with zero attached hydrogens (tertiary/aromatic N) is 1. The molecule has 0 spiro atoms. The molecule has 0 fully saturated rings. The van der Waals surface area contributed by atoms with E-state index < -0.39 is 23.7 Å². The molecule has 8 nitrogen and oxygen atoms in total. The average molecular weight is 643 g/mol. The Labute approximate surface area is 269 Å². The molecule has 4 N–H and O–H groups in total. The maximum absolute atomic E-state index is 13.8. The number of methoxy groups -OCH3 is 1. The lowest BCUT2D eigenvalue weighted by Crippen LogP contribution is -2.44. The number of carbonyl (C=O) groups is 3. The third kappa shape index (κ3) is 6.65. The second-order valence-electron chi connectivity index (χ2n) is 11.7. The smallest absolute Gasteiger partial charge is 0.416 e. The lowest BCUT2D eigenvalue weighted by Gasteiger charge is -2.33. The minimum Gasteiger partial charge on any atom is -0.497 e. The van der Waals surface area contributed by atoms with Gasteiger partial charge >= 0.3 is 12.2 Å². The normalized spacial score (nSPS) is 14.6. The van der Waals surface area contributed by atoms with Crippen molar-refractivity contribution < 1.29 is 32.3 Å². The van der Waals surface area contributed by atoms with Crippen molar-refractivity contribution in [2.75, 3.05) is 13.7 Å². The van der Waals surface area contributed by atoms with Crippen molar-refractivity contribution in [2.24, 2.45) is 5.73 Å². The Morgan fingerprint density at radius 3 is 2.36 bits per heavy atom. The topological polar surface area (TPSA) is 114 Å². The van der Waals surface area contributed by atoms with Gasteiger partial charge in [0.25, 0.3) is 5.91 Å². The van der Waals surface area contributed by atoms with Gasteiger partial charge in [0, 0.05) is 31.6 Å². The van der Waals surface area contributed by atoms with Gasteiger partial charge in [0.1, 0.15) is 5.75 Å². The number of nitrogens with two attached hydrogens (primary N) is 1. The van der Waals surface area contributed by atoms with Crippen LogP contribution in [-0.4, -0.2) is 36.4 Å². The van der Waals surface area contributed by atoms with Crippen molar-refractivity contribution >= 4 is 17.8 Å². The standard InChI is InChI=1S/C36H33F3N4O4/c1-47-26-4-2-3-23(18-26)32(13-14-33(40)44)42-35(46)43-16-15-30-27(21-5-8-25(9-6-21)36(37,38)39)11-12-28(31(30)20-43)22-7-10-29-24(17-22)19-41-34(29)45/h2-12,17-18,32H,13-16,19-20H2,1H3,(H2,40,44)(H,41,45)(H,42,46)/t32-/m0/s1. The van der Waals surface area contributed by atoms with E-state index in [-0.39, 0.29) is 24.9 Å². The Bertz CT molecular complexity index is 1860. The van der Waals surface area contributed by atoms with Crippen LogP contribution < -0.4 is 21.1 Å². The van der Waals surface area contributed by atoms with Crippen LogP contribution in [-0.2, 0) is 30.5 Å². The number of hydrogen-bond donors (Lipinski definition) is 3. The van der Waals surface area contributed by atoms with Crippen molar-refractivity contribution in [2.45, 2.75) is 44.6 Å². The highest BCUT2D eigenvalue weighted by Crippen LogP contribution is 2.39. The Balaban J connectivity index is 1.35. The summed E-state index contributed by atoms with van der Waals surface area (Å²) in [5.74, 6) is 0.00105. The third-order valence-electron chi connectivity index (χ3n) is 8.80. The first-order chi connectivity index (χ1) is 22.5.